The van der Waals surface area contributed by atoms with E-state index in [9.17, 15) is 4.79 Å². The molecule has 0 bridgehead atoms. The number of rotatable bonds is 5. The molecule has 1 aromatic carbocycles. The largest absolute Gasteiger partial charge is 0.330 e. The number of thiazole rings is 2. The summed E-state index contributed by atoms with van der Waals surface area (Å²) in [5, 5.41) is 8.25. The molecule has 0 saturated carbocycles. The Morgan fingerprint density at radius 3 is 2.73 bits per heavy atom. The van der Waals surface area contributed by atoms with E-state index < -0.39 is 0 Å². The lowest BCUT2D eigenvalue weighted by molar-refractivity contribution is 0.102. The molecule has 1 amide bonds. The highest BCUT2D eigenvalue weighted by atomic mass is 32.1. The van der Waals surface area contributed by atoms with Gasteiger partial charge in [-0.2, -0.15) is 0 Å². The predicted octanol–water partition coefficient (Wildman–Crippen LogP) is 3.02. The number of carbonyl (C=O) groups is 1. The summed E-state index contributed by atoms with van der Waals surface area (Å²) in [7, 11) is 0. The van der Waals surface area contributed by atoms with Crippen LogP contribution in [0.1, 0.15) is 15.5 Å². The van der Waals surface area contributed by atoms with E-state index in [4.69, 9.17) is 5.73 Å². The topological polar surface area (TPSA) is 80.9 Å². The molecule has 0 radical (unpaired) electrons. The van der Waals surface area contributed by atoms with Crippen molar-refractivity contribution in [3.8, 4) is 10.7 Å². The van der Waals surface area contributed by atoms with E-state index in [1.54, 1.807) is 16.7 Å². The molecule has 0 saturated heterocycles. The molecule has 7 heteroatoms. The minimum absolute atomic E-state index is 0.217. The van der Waals surface area contributed by atoms with Gasteiger partial charge in [-0.25, -0.2) is 9.97 Å². The monoisotopic (exact) mass is 330 g/mol. The number of para-hydroxylation sites is 1. The summed E-state index contributed by atoms with van der Waals surface area (Å²) in [5.74, 6) is -0.217. The second-order valence-corrected chi connectivity index (χ2v) is 6.32. The van der Waals surface area contributed by atoms with Crippen LogP contribution in [0.2, 0.25) is 0 Å². The smallest absolute Gasteiger partial charge is 0.275 e. The molecule has 0 aliphatic rings. The molecule has 3 aromatic rings. The van der Waals surface area contributed by atoms with E-state index in [0.29, 0.717) is 12.2 Å². The van der Waals surface area contributed by atoms with E-state index in [2.05, 4.69) is 15.3 Å². The minimum atomic E-state index is -0.217. The van der Waals surface area contributed by atoms with E-state index in [1.807, 2.05) is 35.7 Å². The van der Waals surface area contributed by atoms with Gasteiger partial charge in [0.05, 0.1) is 5.01 Å². The Labute approximate surface area is 135 Å². The zero-order valence-electron chi connectivity index (χ0n) is 11.7. The lowest BCUT2D eigenvalue weighted by atomic mass is 10.3. The van der Waals surface area contributed by atoms with Gasteiger partial charge in [0.2, 0.25) is 0 Å². The zero-order valence-corrected chi connectivity index (χ0v) is 13.3. The molecule has 2 heterocycles. The summed E-state index contributed by atoms with van der Waals surface area (Å²) < 4.78 is 0. The molecule has 0 aliphatic heterocycles. The van der Waals surface area contributed by atoms with Gasteiger partial charge in [0.15, 0.2) is 0 Å². The number of hydrogen-bond acceptors (Lipinski definition) is 6. The molecule has 2 aromatic heterocycles. The number of nitrogens with two attached hydrogens (primary N) is 1. The Balaban J connectivity index is 1.74. The van der Waals surface area contributed by atoms with Crippen LogP contribution < -0.4 is 11.1 Å². The van der Waals surface area contributed by atoms with Crippen molar-refractivity contribution >= 4 is 34.3 Å². The predicted molar refractivity (Wildman–Crippen MR) is 90.4 cm³/mol. The first-order chi connectivity index (χ1) is 10.8. The molecule has 0 spiro atoms. The first-order valence-electron chi connectivity index (χ1n) is 6.73. The SMILES string of the molecule is NCCc1nc(-c2nc(C(=O)Nc3ccccc3)cs2)cs1. The van der Waals surface area contributed by atoms with Crippen molar-refractivity contribution in [1.82, 2.24) is 9.97 Å². The Hall–Kier alpha value is -2.09. The van der Waals surface area contributed by atoms with Crippen LogP contribution in [-0.2, 0) is 6.42 Å². The number of hydrogen-bond donors (Lipinski definition) is 2. The zero-order chi connectivity index (χ0) is 15.4. The fourth-order valence-electron chi connectivity index (χ4n) is 1.86. The third-order valence-corrected chi connectivity index (χ3v) is 4.67. The van der Waals surface area contributed by atoms with Gasteiger partial charge in [0.25, 0.3) is 5.91 Å². The van der Waals surface area contributed by atoms with Gasteiger partial charge in [0.1, 0.15) is 16.4 Å². The van der Waals surface area contributed by atoms with Crippen LogP contribution in [0.3, 0.4) is 0 Å². The van der Waals surface area contributed by atoms with Crippen molar-refractivity contribution in [3.63, 3.8) is 0 Å². The summed E-state index contributed by atoms with van der Waals surface area (Å²) in [4.78, 5) is 21.0. The molecular formula is C15H14N4OS2. The maximum atomic E-state index is 12.2. The van der Waals surface area contributed by atoms with Gasteiger partial charge in [-0.1, -0.05) is 18.2 Å². The van der Waals surface area contributed by atoms with Crippen LogP contribution in [0, 0.1) is 0 Å². The highest BCUT2D eigenvalue weighted by molar-refractivity contribution is 7.14. The Morgan fingerprint density at radius 2 is 1.95 bits per heavy atom. The molecule has 0 fully saturated rings. The summed E-state index contributed by atoms with van der Waals surface area (Å²) >= 11 is 2.98. The highest BCUT2D eigenvalue weighted by Crippen LogP contribution is 2.25. The Bertz CT molecular complexity index is 767. The minimum Gasteiger partial charge on any atom is -0.330 e. The molecular weight excluding hydrogens is 316 g/mol. The number of nitrogens with zero attached hydrogens (tertiary/aromatic N) is 2. The molecule has 22 heavy (non-hydrogen) atoms. The summed E-state index contributed by atoms with van der Waals surface area (Å²) in [6, 6.07) is 9.32. The Kier molecular flexibility index (Phi) is 4.57. The number of anilines is 1. The maximum Gasteiger partial charge on any atom is 0.275 e. The van der Waals surface area contributed by atoms with Gasteiger partial charge in [-0.05, 0) is 18.7 Å². The fraction of sp³-hybridized carbons (Fsp3) is 0.133. The van der Waals surface area contributed by atoms with Crippen LogP contribution in [0.15, 0.2) is 41.1 Å². The normalized spacial score (nSPS) is 10.6. The van der Waals surface area contributed by atoms with Crippen molar-refractivity contribution in [3.05, 3.63) is 51.8 Å². The van der Waals surface area contributed by atoms with Crippen molar-refractivity contribution < 1.29 is 4.79 Å². The molecule has 3 N–H and O–H groups in total. The van der Waals surface area contributed by atoms with E-state index in [-0.39, 0.29) is 5.91 Å². The standard InChI is InChI=1S/C15H14N4OS2/c16-7-6-13-18-12(9-21-13)15-19-11(8-22-15)14(20)17-10-4-2-1-3-5-10/h1-5,8-9H,6-7,16H2,(H,17,20). The number of amides is 1. The van der Waals surface area contributed by atoms with Crippen LogP contribution >= 0.6 is 22.7 Å². The molecule has 112 valence electrons. The lowest BCUT2D eigenvalue weighted by Gasteiger charge is -2.01. The quantitative estimate of drug-likeness (QED) is 0.753. The number of benzene rings is 1. The van der Waals surface area contributed by atoms with Crippen LogP contribution in [0.25, 0.3) is 10.7 Å². The third-order valence-electron chi connectivity index (χ3n) is 2.90. The van der Waals surface area contributed by atoms with E-state index in [1.165, 1.54) is 11.3 Å². The van der Waals surface area contributed by atoms with Gasteiger partial charge < -0.3 is 11.1 Å². The number of nitrogens with one attached hydrogen (secondary N) is 1. The van der Waals surface area contributed by atoms with Crippen molar-refractivity contribution in [2.45, 2.75) is 6.42 Å². The van der Waals surface area contributed by atoms with Gasteiger partial charge in [-0.15, -0.1) is 22.7 Å². The second-order valence-electron chi connectivity index (χ2n) is 4.52. The average molecular weight is 330 g/mol. The second kappa shape index (κ2) is 6.78. The van der Waals surface area contributed by atoms with Gasteiger partial charge >= 0.3 is 0 Å². The van der Waals surface area contributed by atoms with E-state index >= 15 is 0 Å². The fourth-order valence-corrected chi connectivity index (χ4v) is 3.49. The molecule has 3 rings (SSSR count). The van der Waals surface area contributed by atoms with Crippen molar-refractivity contribution in [1.29, 1.82) is 0 Å². The number of carbonyl (C=O) groups excluding carboxylic acids is 1. The van der Waals surface area contributed by atoms with E-state index in [0.717, 1.165) is 27.8 Å². The first kappa shape index (κ1) is 14.8. The van der Waals surface area contributed by atoms with Crippen LogP contribution in [0.4, 0.5) is 5.69 Å². The first-order valence-corrected chi connectivity index (χ1v) is 8.49. The maximum absolute atomic E-state index is 12.2. The Morgan fingerprint density at radius 1 is 1.14 bits per heavy atom. The summed E-state index contributed by atoms with van der Waals surface area (Å²) in [5.41, 5.74) is 7.48. The van der Waals surface area contributed by atoms with Crippen molar-refractivity contribution in [2.24, 2.45) is 5.73 Å². The lowest BCUT2D eigenvalue weighted by Crippen LogP contribution is -2.12. The van der Waals surface area contributed by atoms with Crippen molar-refractivity contribution in [2.75, 3.05) is 11.9 Å². The van der Waals surface area contributed by atoms with Crippen LogP contribution in [0.5, 0.6) is 0 Å². The summed E-state index contributed by atoms with van der Waals surface area (Å²) in [6.07, 6.45) is 0.761. The van der Waals surface area contributed by atoms with Gasteiger partial charge in [0, 0.05) is 22.9 Å². The summed E-state index contributed by atoms with van der Waals surface area (Å²) in [6.45, 7) is 0.579. The molecule has 0 unspecified atom stereocenters. The van der Waals surface area contributed by atoms with Gasteiger partial charge in [-0.3, -0.25) is 4.79 Å². The average Bonchev–Trinajstić information content (AvgIpc) is 3.17. The highest BCUT2D eigenvalue weighted by Gasteiger charge is 2.14. The third kappa shape index (κ3) is 3.38. The molecule has 0 atom stereocenters. The molecule has 5 nitrogen and oxygen atoms in total. The van der Waals surface area contributed by atoms with Crippen LogP contribution in [-0.4, -0.2) is 22.4 Å². The number of aromatic nitrogens is 2. The molecule has 0 aliphatic carbocycles.